The van der Waals surface area contributed by atoms with Gasteiger partial charge in [0.25, 0.3) is 0 Å². The molecule has 1 amide bonds. The van der Waals surface area contributed by atoms with Crippen molar-refractivity contribution in [3.8, 4) is 0 Å². The summed E-state index contributed by atoms with van der Waals surface area (Å²) in [5, 5.41) is 21.0. The molecular weight excluding hydrogens is 482 g/mol. The Morgan fingerprint density at radius 2 is 1.76 bits per heavy atom. The molecule has 0 spiro atoms. The van der Waals surface area contributed by atoms with Gasteiger partial charge in [0, 0.05) is 19.2 Å². The zero-order valence-corrected chi connectivity index (χ0v) is 23.5. The Labute approximate surface area is 227 Å². The first-order valence-electron chi connectivity index (χ1n) is 14.2. The number of carboxylic acids is 1. The molecule has 8 heteroatoms. The number of aliphatic carboxylic acids is 1. The number of likely N-dealkylation sites (tertiary alicyclic amines) is 1. The lowest BCUT2D eigenvalue weighted by molar-refractivity contribution is -0.253. The number of hydrogen-bond acceptors (Lipinski definition) is 6. The van der Waals surface area contributed by atoms with Crippen molar-refractivity contribution in [2.45, 2.75) is 104 Å². The van der Waals surface area contributed by atoms with Gasteiger partial charge in [0.15, 0.2) is 6.04 Å². The zero-order valence-electron chi connectivity index (χ0n) is 23.5. The van der Waals surface area contributed by atoms with Gasteiger partial charge in [0.2, 0.25) is 5.91 Å². The van der Waals surface area contributed by atoms with Gasteiger partial charge in [-0.2, -0.15) is 0 Å². The van der Waals surface area contributed by atoms with E-state index in [1.165, 1.54) is 19.3 Å². The Balaban J connectivity index is 0.000000215. The molecule has 2 aliphatic carbocycles. The molecular formula is C30H46N3O5-. The van der Waals surface area contributed by atoms with Gasteiger partial charge in [-0.1, -0.05) is 76.8 Å². The number of ether oxygens (including phenoxy) is 1. The summed E-state index contributed by atoms with van der Waals surface area (Å²) in [6.07, 6.45) is 7.89. The standard InChI is InChI=1S/C16H21NO4.C14H26N2O/c18-15(19)14(13-9-5-2-6-10-13)17-16(20)21-11-12-7-3-1-4-8-12;1-9-11-7-5-6-10(11)8-16(9)13(17)12(15)14(2,3)4/h1,3-4,7-8,13-14H,2,5-6,9-11H2,(H,17,20)(H,18,19);9-12H,5-8,15H2,1-4H3/p-1/t;9-,10+,11-,12-/m.1/s1. The van der Waals surface area contributed by atoms with Crippen LogP contribution >= 0.6 is 0 Å². The molecule has 1 unspecified atom stereocenters. The van der Waals surface area contributed by atoms with Crippen molar-refractivity contribution < 1.29 is 24.5 Å². The first-order chi connectivity index (χ1) is 18.0. The number of carbonyl (C=O) groups excluding carboxylic acids is 1. The van der Waals surface area contributed by atoms with E-state index in [-0.39, 0.29) is 29.9 Å². The molecule has 8 nitrogen and oxygen atoms in total. The first kappa shape index (κ1) is 29.9. The van der Waals surface area contributed by atoms with Crippen LogP contribution in [0.25, 0.3) is 0 Å². The molecule has 3 aliphatic rings. The lowest BCUT2D eigenvalue weighted by Gasteiger charge is -2.33. The maximum Gasteiger partial charge on any atom is 0.328 e. The SMILES string of the molecule is C[C@@H]1[C@H]2CCC[C@H]2CN1C(=O)[C@@H](N)C(C)(C)C.O=C(O)C(N=C([O-])OCc1ccccc1)C1CCCCC1. The Kier molecular flexibility index (Phi) is 10.6. The number of nitrogens with zero attached hydrogens (tertiary/aromatic N) is 2. The summed E-state index contributed by atoms with van der Waals surface area (Å²) in [4.78, 5) is 29.5. The largest absolute Gasteiger partial charge is 0.596 e. The Morgan fingerprint density at radius 1 is 1.11 bits per heavy atom. The second kappa shape index (κ2) is 13.5. The van der Waals surface area contributed by atoms with Gasteiger partial charge >= 0.3 is 5.97 Å². The molecule has 1 aromatic carbocycles. The molecule has 212 valence electrons. The zero-order chi connectivity index (χ0) is 27.9. The molecule has 0 bridgehead atoms. The van der Waals surface area contributed by atoms with Crippen LogP contribution in [0.4, 0.5) is 0 Å². The molecule has 2 saturated carbocycles. The fraction of sp³-hybridized carbons (Fsp3) is 0.700. The Bertz CT molecular complexity index is 939. The number of rotatable bonds is 6. The van der Waals surface area contributed by atoms with E-state index in [2.05, 4.69) is 11.9 Å². The van der Waals surface area contributed by atoms with E-state index in [9.17, 15) is 19.8 Å². The monoisotopic (exact) mass is 528 g/mol. The average molecular weight is 529 g/mol. The van der Waals surface area contributed by atoms with Gasteiger partial charge in [0.05, 0.1) is 6.04 Å². The van der Waals surface area contributed by atoms with E-state index in [1.54, 1.807) is 0 Å². The molecule has 1 saturated heterocycles. The number of fused-ring (bicyclic) bond motifs is 1. The number of carboxylic acid groups (broad SMARTS) is 1. The smallest absolute Gasteiger partial charge is 0.328 e. The minimum Gasteiger partial charge on any atom is -0.596 e. The summed E-state index contributed by atoms with van der Waals surface area (Å²) in [7, 11) is 0. The van der Waals surface area contributed by atoms with Crippen LogP contribution in [-0.4, -0.2) is 52.6 Å². The molecule has 0 aromatic heterocycles. The average Bonchev–Trinajstić information content (AvgIpc) is 3.49. The number of hydrogen-bond donors (Lipinski definition) is 2. The van der Waals surface area contributed by atoms with Gasteiger partial charge in [-0.05, 0) is 61.3 Å². The van der Waals surface area contributed by atoms with Crippen molar-refractivity contribution >= 4 is 18.0 Å². The van der Waals surface area contributed by atoms with Crippen LogP contribution in [-0.2, 0) is 20.9 Å². The van der Waals surface area contributed by atoms with Crippen molar-refractivity contribution in [1.29, 1.82) is 0 Å². The highest BCUT2D eigenvalue weighted by atomic mass is 16.6. The Morgan fingerprint density at radius 3 is 2.34 bits per heavy atom. The molecule has 4 rings (SSSR count). The third-order valence-electron chi connectivity index (χ3n) is 8.54. The van der Waals surface area contributed by atoms with Gasteiger partial charge in [-0.15, -0.1) is 0 Å². The van der Waals surface area contributed by atoms with Crippen LogP contribution in [0.1, 0.15) is 84.6 Å². The lowest BCUT2D eigenvalue weighted by Crippen LogP contribution is -2.51. The van der Waals surface area contributed by atoms with E-state index in [4.69, 9.17) is 10.5 Å². The summed E-state index contributed by atoms with van der Waals surface area (Å²) in [6, 6.07) is 8.29. The van der Waals surface area contributed by atoms with Crippen LogP contribution in [0.5, 0.6) is 0 Å². The molecule has 0 radical (unpaired) electrons. The second-order valence-corrected chi connectivity index (χ2v) is 12.3. The van der Waals surface area contributed by atoms with Gasteiger partial charge in [-0.3, -0.25) is 9.79 Å². The van der Waals surface area contributed by atoms with Crippen LogP contribution in [0.3, 0.4) is 0 Å². The highest BCUT2D eigenvalue weighted by Crippen LogP contribution is 2.42. The molecule has 1 heterocycles. The first-order valence-corrected chi connectivity index (χ1v) is 14.2. The highest BCUT2D eigenvalue weighted by Gasteiger charge is 2.45. The summed E-state index contributed by atoms with van der Waals surface area (Å²) in [6.45, 7) is 9.36. The normalized spacial score (nSPS) is 25.7. The minimum absolute atomic E-state index is 0.0551. The van der Waals surface area contributed by atoms with Crippen LogP contribution in [0.15, 0.2) is 35.3 Å². The van der Waals surface area contributed by atoms with E-state index >= 15 is 0 Å². The second-order valence-electron chi connectivity index (χ2n) is 12.3. The molecule has 38 heavy (non-hydrogen) atoms. The van der Waals surface area contributed by atoms with E-state index in [1.807, 2.05) is 56.0 Å². The lowest BCUT2D eigenvalue weighted by atomic mass is 9.84. The number of carbonyl (C=O) groups is 2. The van der Waals surface area contributed by atoms with Crippen molar-refractivity contribution in [1.82, 2.24) is 4.90 Å². The Hall–Kier alpha value is -2.61. The van der Waals surface area contributed by atoms with Crippen molar-refractivity contribution in [2.24, 2.45) is 33.9 Å². The maximum atomic E-state index is 12.4. The van der Waals surface area contributed by atoms with E-state index in [0.29, 0.717) is 6.04 Å². The summed E-state index contributed by atoms with van der Waals surface area (Å²) in [5.41, 5.74) is 6.80. The van der Waals surface area contributed by atoms with Gasteiger partial charge in [-0.25, -0.2) is 4.79 Å². The maximum absolute atomic E-state index is 12.4. The quantitative estimate of drug-likeness (QED) is 0.425. The van der Waals surface area contributed by atoms with Crippen molar-refractivity contribution in [3.63, 3.8) is 0 Å². The number of benzene rings is 1. The summed E-state index contributed by atoms with van der Waals surface area (Å²) in [5.74, 6) is 0.519. The number of nitrogens with two attached hydrogens (primary N) is 1. The minimum atomic E-state index is -1.04. The molecule has 1 aliphatic heterocycles. The fourth-order valence-electron chi connectivity index (χ4n) is 6.10. The van der Waals surface area contributed by atoms with Crippen LogP contribution < -0.4 is 10.8 Å². The van der Waals surface area contributed by atoms with E-state index in [0.717, 1.165) is 56.0 Å². The summed E-state index contributed by atoms with van der Waals surface area (Å²) < 4.78 is 5.03. The molecule has 1 aromatic rings. The number of aliphatic imine (C=N–C) groups is 1. The predicted octanol–water partition coefficient (Wildman–Crippen LogP) is 3.96. The predicted molar refractivity (Wildman–Crippen MR) is 146 cm³/mol. The topological polar surface area (TPSA) is 128 Å². The third kappa shape index (κ3) is 7.95. The van der Waals surface area contributed by atoms with Crippen LogP contribution in [0, 0.1) is 23.2 Å². The van der Waals surface area contributed by atoms with Gasteiger partial charge < -0.3 is 25.6 Å². The van der Waals surface area contributed by atoms with Gasteiger partial charge in [0.1, 0.15) is 6.08 Å². The van der Waals surface area contributed by atoms with Crippen molar-refractivity contribution in [3.05, 3.63) is 35.9 Å². The van der Waals surface area contributed by atoms with E-state index < -0.39 is 18.1 Å². The highest BCUT2D eigenvalue weighted by molar-refractivity contribution is 5.83. The third-order valence-corrected chi connectivity index (χ3v) is 8.54. The molecule has 3 fully saturated rings. The van der Waals surface area contributed by atoms with Crippen LogP contribution in [0.2, 0.25) is 0 Å². The number of amides is 1. The molecule has 3 N–H and O–H groups in total. The summed E-state index contributed by atoms with van der Waals surface area (Å²) >= 11 is 0. The van der Waals surface area contributed by atoms with Crippen molar-refractivity contribution in [2.75, 3.05) is 6.54 Å². The molecule has 5 atom stereocenters. The fourth-order valence-corrected chi connectivity index (χ4v) is 6.10.